The van der Waals surface area contributed by atoms with Gasteiger partial charge in [0.2, 0.25) is 0 Å². The molecule has 0 aliphatic heterocycles. The molecule has 0 spiro atoms. The summed E-state index contributed by atoms with van der Waals surface area (Å²) < 4.78 is 5.69. The molecule has 1 aromatic carbocycles. The van der Waals surface area contributed by atoms with Crippen molar-refractivity contribution in [2.24, 2.45) is 0 Å². The maximum absolute atomic E-state index is 5.69. The Morgan fingerprint density at radius 2 is 1.69 bits per heavy atom. The summed E-state index contributed by atoms with van der Waals surface area (Å²) in [6.45, 7) is 8.09. The van der Waals surface area contributed by atoms with Crippen molar-refractivity contribution in [1.82, 2.24) is 0 Å². The van der Waals surface area contributed by atoms with Crippen molar-refractivity contribution in [3.05, 3.63) is 24.3 Å². The van der Waals surface area contributed by atoms with E-state index in [0.717, 1.165) is 12.4 Å². The van der Waals surface area contributed by atoms with E-state index in [1.165, 1.54) is 31.1 Å². The zero-order chi connectivity index (χ0) is 11.8. The van der Waals surface area contributed by atoms with Gasteiger partial charge < -0.3 is 4.74 Å². The van der Waals surface area contributed by atoms with Gasteiger partial charge in [0.25, 0.3) is 0 Å². The average molecular weight is 218 g/mol. The summed E-state index contributed by atoms with van der Waals surface area (Å²) in [5.74, 6) is 1.00. The number of unbranched alkanes of at least 4 members (excludes halogenated alkanes) is 3. The van der Waals surface area contributed by atoms with Gasteiger partial charge in [0.15, 0.2) is 6.71 Å². The van der Waals surface area contributed by atoms with Crippen molar-refractivity contribution in [2.45, 2.75) is 46.3 Å². The molecule has 0 aliphatic carbocycles. The van der Waals surface area contributed by atoms with Crippen molar-refractivity contribution >= 4 is 12.2 Å². The molecule has 0 unspecified atom stereocenters. The van der Waals surface area contributed by atoms with E-state index in [-0.39, 0.29) is 0 Å². The lowest BCUT2D eigenvalue weighted by molar-refractivity contribution is 0.305. The van der Waals surface area contributed by atoms with Crippen LogP contribution in [0, 0.1) is 0 Å². The summed E-state index contributed by atoms with van der Waals surface area (Å²) in [6, 6.07) is 8.47. The van der Waals surface area contributed by atoms with Crippen molar-refractivity contribution < 1.29 is 4.74 Å². The monoisotopic (exact) mass is 218 g/mol. The average Bonchev–Trinajstić information content (AvgIpc) is 2.29. The van der Waals surface area contributed by atoms with Crippen molar-refractivity contribution in [1.29, 1.82) is 0 Å². The highest BCUT2D eigenvalue weighted by molar-refractivity contribution is 6.70. The van der Waals surface area contributed by atoms with Gasteiger partial charge in [-0.25, -0.2) is 0 Å². The van der Waals surface area contributed by atoms with Gasteiger partial charge in [-0.2, -0.15) is 0 Å². The third kappa shape index (κ3) is 4.74. The van der Waals surface area contributed by atoms with Crippen LogP contribution in [0.4, 0.5) is 0 Å². The quantitative estimate of drug-likeness (QED) is 0.501. The van der Waals surface area contributed by atoms with Crippen LogP contribution in [0.25, 0.3) is 0 Å². The maximum atomic E-state index is 5.69. The minimum atomic E-state index is 0.596. The molecule has 0 heterocycles. The minimum Gasteiger partial charge on any atom is -0.494 e. The van der Waals surface area contributed by atoms with Crippen LogP contribution in [0.3, 0.4) is 0 Å². The smallest absolute Gasteiger partial charge is 0.169 e. The Kier molecular flexibility index (Phi) is 6.06. The number of hydrogen-bond donors (Lipinski definition) is 0. The zero-order valence-corrected chi connectivity index (χ0v) is 10.8. The lowest BCUT2D eigenvalue weighted by atomic mass is 9.49. The fourth-order valence-corrected chi connectivity index (χ4v) is 1.67. The molecule has 0 amide bonds. The Labute approximate surface area is 100 Å². The SMILES string of the molecule is CCCCCCOc1ccc(B(C)C)cc1. The third-order valence-corrected chi connectivity index (χ3v) is 2.81. The van der Waals surface area contributed by atoms with E-state index in [9.17, 15) is 0 Å². The standard InChI is InChI=1S/C14H23BO/c1-4-5-6-7-12-16-14-10-8-13(9-11-14)15(2)3/h8-11H,4-7,12H2,1-3H3. The van der Waals surface area contributed by atoms with Gasteiger partial charge in [-0.3, -0.25) is 0 Å². The molecule has 88 valence electrons. The predicted molar refractivity (Wildman–Crippen MR) is 73.2 cm³/mol. The Bertz CT molecular complexity index is 279. The Balaban J connectivity index is 2.27. The number of benzene rings is 1. The van der Waals surface area contributed by atoms with Crippen LogP contribution in [0.2, 0.25) is 13.6 Å². The summed E-state index contributed by atoms with van der Waals surface area (Å²) in [4.78, 5) is 0. The fraction of sp³-hybridized carbons (Fsp3) is 0.571. The van der Waals surface area contributed by atoms with Crippen LogP contribution in [-0.4, -0.2) is 13.3 Å². The molecule has 0 radical (unpaired) electrons. The summed E-state index contributed by atoms with van der Waals surface area (Å²) in [5.41, 5.74) is 1.37. The fourth-order valence-electron chi connectivity index (χ4n) is 1.67. The van der Waals surface area contributed by atoms with Crippen LogP contribution in [0.15, 0.2) is 24.3 Å². The van der Waals surface area contributed by atoms with E-state index in [0.29, 0.717) is 6.71 Å². The molecule has 0 N–H and O–H groups in total. The highest BCUT2D eigenvalue weighted by atomic mass is 16.5. The predicted octanol–water partition coefficient (Wildman–Crippen LogP) is 3.61. The molecule has 1 nitrogen and oxygen atoms in total. The van der Waals surface area contributed by atoms with Gasteiger partial charge in [0.1, 0.15) is 5.75 Å². The molecule has 1 rings (SSSR count). The van der Waals surface area contributed by atoms with Gasteiger partial charge in [-0.05, 0) is 18.6 Å². The Morgan fingerprint density at radius 3 is 2.25 bits per heavy atom. The molecular weight excluding hydrogens is 195 g/mol. The van der Waals surface area contributed by atoms with Crippen molar-refractivity contribution in [2.75, 3.05) is 6.61 Å². The van der Waals surface area contributed by atoms with Crippen LogP contribution < -0.4 is 10.2 Å². The molecular formula is C14H23BO. The van der Waals surface area contributed by atoms with E-state index < -0.39 is 0 Å². The van der Waals surface area contributed by atoms with Crippen LogP contribution in [-0.2, 0) is 0 Å². The lowest BCUT2D eigenvalue weighted by Gasteiger charge is -2.07. The first kappa shape index (κ1) is 13.2. The number of rotatable bonds is 7. The lowest BCUT2D eigenvalue weighted by Crippen LogP contribution is -2.21. The second kappa shape index (κ2) is 7.37. The van der Waals surface area contributed by atoms with Crippen molar-refractivity contribution in [3.8, 4) is 5.75 Å². The second-order valence-corrected chi connectivity index (χ2v) is 4.63. The summed E-state index contributed by atoms with van der Waals surface area (Å²) in [5, 5.41) is 0. The summed E-state index contributed by atoms with van der Waals surface area (Å²) in [6.07, 6.45) is 5.04. The molecule has 16 heavy (non-hydrogen) atoms. The highest BCUT2D eigenvalue weighted by Gasteiger charge is 2.02. The maximum Gasteiger partial charge on any atom is 0.169 e. The minimum absolute atomic E-state index is 0.596. The first-order chi connectivity index (χ1) is 7.74. The van der Waals surface area contributed by atoms with Gasteiger partial charge in [0.05, 0.1) is 6.61 Å². The molecule has 1 aromatic rings. The number of hydrogen-bond acceptors (Lipinski definition) is 1. The van der Waals surface area contributed by atoms with E-state index in [4.69, 9.17) is 4.74 Å². The molecule has 0 saturated heterocycles. The first-order valence-electron chi connectivity index (χ1n) is 6.46. The van der Waals surface area contributed by atoms with E-state index in [1.54, 1.807) is 0 Å². The van der Waals surface area contributed by atoms with Crippen LogP contribution in [0.5, 0.6) is 5.75 Å². The van der Waals surface area contributed by atoms with Crippen LogP contribution >= 0.6 is 0 Å². The van der Waals surface area contributed by atoms with Gasteiger partial charge in [-0.15, -0.1) is 0 Å². The molecule has 2 heteroatoms. The number of ether oxygens (including phenoxy) is 1. The second-order valence-electron chi connectivity index (χ2n) is 4.63. The Morgan fingerprint density at radius 1 is 1.00 bits per heavy atom. The molecule has 0 saturated carbocycles. The van der Waals surface area contributed by atoms with E-state index in [1.807, 2.05) is 0 Å². The molecule has 0 bridgehead atoms. The summed E-state index contributed by atoms with van der Waals surface area (Å²) in [7, 11) is 0. The molecule has 0 aromatic heterocycles. The van der Waals surface area contributed by atoms with Gasteiger partial charge in [0, 0.05) is 0 Å². The topological polar surface area (TPSA) is 9.23 Å². The highest BCUT2D eigenvalue weighted by Crippen LogP contribution is 2.09. The molecule has 0 fully saturated rings. The van der Waals surface area contributed by atoms with E-state index >= 15 is 0 Å². The first-order valence-corrected chi connectivity index (χ1v) is 6.46. The molecule has 0 atom stereocenters. The normalized spacial score (nSPS) is 10.2. The zero-order valence-electron chi connectivity index (χ0n) is 10.8. The van der Waals surface area contributed by atoms with Gasteiger partial charge >= 0.3 is 0 Å². The van der Waals surface area contributed by atoms with Crippen LogP contribution in [0.1, 0.15) is 32.6 Å². The summed E-state index contributed by atoms with van der Waals surface area (Å²) >= 11 is 0. The third-order valence-electron chi connectivity index (χ3n) is 2.81. The van der Waals surface area contributed by atoms with E-state index in [2.05, 4.69) is 44.8 Å². The Hall–Kier alpha value is -0.915. The van der Waals surface area contributed by atoms with Gasteiger partial charge in [-0.1, -0.05) is 57.4 Å². The molecule has 0 aliphatic rings. The van der Waals surface area contributed by atoms with Crippen molar-refractivity contribution in [3.63, 3.8) is 0 Å². The largest absolute Gasteiger partial charge is 0.494 e.